The second-order valence-electron chi connectivity index (χ2n) is 4.22. The first-order valence-corrected chi connectivity index (χ1v) is 6.51. The van der Waals surface area contributed by atoms with Crippen molar-refractivity contribution in [2.75, 3.05) is 0 Å². The molecule has 0 spiro atoms. The third-order valence-electron chi connectivity index (χ3n) is 2.75. The maximum Gasteiger partial charge on any atom is 0.387 e. The quantitative estimate of drug-likeness (QED) is 0.861. The molecule has 0 atom stereocenters. The standard InChI is InChI=1S/C15H14ClF2NO/c16-13-7-5-11(6-8-13)9-19-10-12-3-1-2-4-14(12)20-15(17)18/h1-8,15,19H,9-10H2. The van der Waals surface area contributed by atoms with Gasteiger partial charge in [0.05, 0.1) is 0 Å². The van der Waals surface area contributed by atoms with Crippen LogP contribution in [0, 0.1) is 0 Å². The van der Waals surface area contributed by atoms with E-state index in [1.54, 1.807) is 18.2 Å². The first-order valence-electron chi connectivity index (χ1n) is 6.13. The number of hydrogen-bond acceptors (Lipinski definition) is 2. The van der Waals surface area contributed by atoms with Crippen LogP contribution < -0.4 is 10.1 Å². The molecule has 1 N–H and O–H groups in total. The molecule has 0 saturated carbocycles. The van der Waals surface area contributed by atoms with Crippen LogP contribution in [0.15, 0.2) is 48.5 Å². The smallest absolute Gasteiger partial charge is 0.387 e. The second-order valence-corrected chi connectivity index (χ2v) is 4.65. The number of rotatable bonds is 6. The minimum Gasteiger partial charge on any atom is -0.434 e. The van der Waals surface area contributed by atoms with E-state index in [2.05, 4.69) is 10.1 Å². The fourth-order valence-corrected chi connectivity index (χ4v) is 1.93. The summed E-state index contributed by atoms with van der Waals surface area (Å²) in [6, 6.07) is 14.2. The van der Waals surface area contributed by atoms with Gasteiger partial charge in [0.15, 0.2) is 0 Å². The molecule has 0 aliphatic rings. The van der Waals surface area contributed by atoms with Crippen molar-refractivity contribution in [3.8, 4) is 5.75 Å². The summed E-state index contributed by atoms with van der Waals surface area (Å²) in [5, 5.41) is 3.87. The van der Waals surface area contributed by atoms with Crippen molar-refractivity contribution in [1.82, 2.24) is 5.32 Å². The topological polar surface area (TPSA) is 21.3 Å². The maximum atomic E-state index is 12.3. The minimum absolute atomic E-state index is 0.200. The Labute approximate surface area is 121 Å². The molecule has 0 amide bonds. The molecular formula is C15H14ClF2NO. The Bertz CT molecular complexity index is 546. The average molecular weight is 298 g/mol. The number of halogens is 3. The van der Waals surface area contributed by atoms with Crippen LogP contribution >= 0.6 is 11.6 Å². The van der Waals surface area contributed by atoms with Gasteiger partial charge in [-0.15, -0.1) is 0 Å². The number of alkyl halides is 2. The van der Waals surface area contributed by atoms with Crippen LogP contribution in [0.1, 0.15) is 11.1 Å². The van der Waals surface area contributed by atoms with Crippen LogP contribution in [-0.4, -0.2) is 6.61 Å². The Hall–Kier alpha value is -1.65. The molecule has 5 heteroatoms. The minimum atomic E-state index is -2.81. The molecule has 20 heavy (non-hydrogen) atoms. The van der Waals surface area contributed by atoms with Crippen molar-refractivity contribution in [2.45, 2.75) is 19.7 Å². The molecule has 0 aliphatic carbocycles. The van der Waals surface area contributed by atoms with E-state index in [9.17, 15) is 8.78 Å². The molecule has 0 saturated heterocycles. The van der Waals surface area contributed by atoms with Crippen LogP contribution in [0.25, 0.3) is 0 Å². The van der Waals surface area contributed by atoms with Crippen molar-refractivity contribution >= 4 is 11.6 Å². The van der Waals surface area contributed by atoms with Crippen LogP contribution in [0.4, 0.5) is 8.78 Å². The molecular weight excluding hydrogens is 284 g/mol. The summed E-state index contributed by atoms with van der Waals surface area (Å²) in [5.74, 6) is 0.200. The van der Waals surface area contributed by atoms with Crippen molar-refractivity contribution < 1.29 is 13.5 Å². The number of benzene rings is 2. The normalized spacial score (nSPS) is 10.8. The van der Waals surface area contributed by atoms with E-state index in [-0.39, 0.29) is 5.75 Å². The highest BCUT2D eigenvalue weighted by atomic mass is 35.5. The molecule has 0 aliphatic heterocycles. The Morgan fingerprint density at radius 2 is 1.70 bits per heavy atom. The first-order chi connectivity index (χ1) is 9.65. The van der Waals surface area contributed by atoms with E-state index in [1.165, 1.54) is 6.07 Å². The predicted octanol–water partition coefficient (Wildman–Crippen LogP) is 4.23. The van der Waals surface area contributed by atoms with E-state index in [0.717, 1.165) is 5.56 Å². The zero-order valence-electron chi connectivity index (χ0n) is 10.7. The number of ether oxygens (including phenoxy) is 1. The van der Waals surface area contributed by atoms with Gasteiger partial charge >= 0.3 is 6.61 Å². The summed E-state index contributed by atoms with van der Waals surface area (Å²) in [4.78, 5) is 0. The molecule has 0 bridgehead atoms. The van der Waals surface area contributed by atoms with Gasteiger partial charge in [0, 0.05) is 23.7 Å². The maximum absolute atomic E-state index is 12.3. The van der Waals surface area contributed by atoms with Crippen LogP contribution in [0.2, 0.25) is 5.02 Å². The van der Waals surface area contributed by atoms with E-state index in [1.807, 2.05) is 24.3 Å². The number of nitrogens with one attached hydrogen (secondary N) is 1. The molecule has 0 fully saturated rings. The lowest BCUT2D eigenvalue weighted by atomic mass is 10.2. The molecule has 2 rings (SSSR count). The largest absolute Gasteiger partial charge is 0.434 e. The highest BCUT2D eigenvalue weighted by Gasteiger charge is 2.08. The van der Waals surface area contributed by atoms with Crippen LogP contribution in [-0.2, 0) is 13.1 Å². The average Bonchev–Trinajstić information content (AvgIpc) is 2.42. The highest BCUT2D eigenvalue weighted by Crippen LogP contribution is 2.20. The second kappa shape index (κ2) is 7.22. The Morgan fingerprint density at radius 3 is 2.40 bits per heavy atom. The van der Waals surface area contributed by atoms with Gasteiger partial charge in [-0.3, -0.25) is 0 Å². The van der Waals surface area contributed by atoms with E-state index < -0.39 is 6.61 Å². The Balaban J connectivity index is 1.92. The third-order valence-corrected chi connectivity index (χ3v) is 3.00. The SMILES string of the molecule is FC(F)Oc1ccccc1CNCc1ccc(Cl)cc1. The van der Waals surface area contributed by atoms with E-state index >= 15 is 0 Å². The molecule has 2 nitrogen and oxygen atoms in total. The summed E-state index contributed by atoms with van der Waals surface area (Å²) in [7, 11) is 0. The van der Waals surface area contributed by atoms with Crippen LogP contribution in [0.3, 0.4) is 0 Å². The van der Waals surface area contributed by atoms with Crippen LogP contribution in [0.5, 0.6) is 5.75 Å². The zero-order chi connectivity index (χ0) is 14.4. The fourth-order valence-electron chi connectivity index (χ4n) is 1.80. The van der Waals surface area contributed by atoms with Crippen molar-refractivity contribution in [2.24, 2.45) is 0 Å². The zero-order valence-corrected chi connectivity index (χ0v) is 11.4. The Kier molecular flexibility index (Phi) is 5.32. The number of hydrogen-bond donors (Lipinski definition) is 1. The van der Waals surface area contributed by atoms with Gasteiger partial charge in [0.25, 0.3) is 0 Å². The lowest BCUT2D eigenvalue weighted by molar-refractivity contribution is -0.0505. The van der Waals surface area contributed by atoms with E-state index in [0.29, 0.717) is 23.7 Å². The van der Waals surface area contributed by atoms with E-state index in [4.69, 9.17) is 11.6 Å². The Morgan fingerprint density at radius 1 is 1.00 bits per heavy atom. The molecule has 2 aromatic carbocycles. The summed E-state index contributed by atoms with van der Waals surface area (Å²) in [5.41, 5.74) is 1.77. The van der Waals surface area contributed by atoms with Gasteiger partial charge < -0.3 is 10.1 Å². The fraction of sp³-hybridized carbons (Fsp3) is 0.200. The molecule has 0 aromatic heterocycles. The van der Waals surface area contributed by atoms with Gasteiger partial charge in [-0.25, -0.2) is 0 Å². The molecule has 0 heterocycles. The monoisotopic (exact) mass is 297 g/mol. The first kappa shape index (κ1) is 14.8. The number of para-hydroxylation sites is 1. The van der Waals surface area contributed by atoms with Gasteiger partial charge in [0.1, 0.15) is 5.75 Å². The molecule has 0 radical (unpaired) electrons. The summed E-state index contributed by atoms with van der Waals surface area (Å²) in [6.45, 7) is -1.74. The summed E-state index contributed by atoms with van der Waals surface area (Å²) >= 11 is 5.80. The van der Waals surface area contributed by atoms with Crippen molar-refractivity contribution in [3.05, 3.63) is 64.7 Å². The highest BCUT2D eigenvalue weighted by molar-refractivity contribution is 6.30. The lowest BCUT2D eigenvalue weighted by Crippen LogP contribution is -2.14. The van der Waals surface area contributed by atoms with Crippen molar-refractivity contribution in [3.63, 3.8) is 0 Å². The van der Waals surface area contributed by atoms with Gasteiger partial charge in [-0.1, -0.05) is 41.9 Å². The van der Waals surface area contributed by atoms with Crippen molar-refractivity contribution in [1.29, 1.82) is 0 Å². The molecule has 2 aromatic rings. The molecule has 106 valence electrons. The molecule has 0 unspecified atom stereocenters. The van der Waals surface area contributed by atoms with Gasteiger partial charge in [-0.2, -0.15) is 8.78 Å². The third kappa shape index (κ3) is 4.47. The summed E-state index contributed by atoms with van der Waals surface area (Å²) in [6.07, 6.45) is 0. The predicted molar refractivity (Wildman–Crippen MR) is 75.1 cm³/mol. The van der Waals surface area contributed by atoms with Gasteiger partial charge in [0.2, 0.25) is 0 Å². The van der Waals surface area contributed by atoms with Gasteiger partial charge in [-0.05, 0) is 23.8 Å². The lowest BCUT2D eigenvalue weighted by Gasteiger charge is -2.11. The summed E-state index contributed by atoms with van der Waals surface area (Å²) < 4.78 is 29.0.